The van der Waals surface area contributed by atoms with Crippen LogP contribution in [0.4, 0.5) is 0 Å². The van der Waals surface area contributed by atoms with Crippen molar-refractivity contribution in [1.29, 1.82) is 0 Å². The third-order valence-corrected chi connectivity index (χ3v) is 5.84. The lowest BCUT2D eigenvalue weighted by Crippen LogP contribution is -2.37. The van der Waals surface area contributed by atoms with Crippen molar-refractivity contribution in [3.63, 3.8) is 0 Å². The molecule has 1 aromatic carbocycles. The highest BCUT2D eigenvalue weighted by Crippen LogP contribution is 2.36. The molecule has 0 saturated carbocycles. The van der Waals surface area contributed by atoms with Crippen molar-refractivity contribution < 1.29 is 19.0 Å². The SMILES string of the molecule is Cn1cc(CN2CC(OCc3ccncc3)CN(Cc3cccc4c3OCO4)CC2=O)cn1. The molecule has 2 aliphatic rings. The molecule has 9 nitrogen and oxygen atoms in total. The number of para-hydroxylation sites is 1. The van der Waals surface area contributed by atoms with Gasteiger partial charge in [0.2, 0.25) is 12.7 Å². The van der Waals surface area contributed by atoms with Crippen LogP contribution in [0.5, 0.6) is 11.5 Å². The third-order valence-electron chi connectivity index (χ3n) is 5.84. The van der Waals surface area contributed by atoms with Crippen LogP contribution in [0.15, 0.2) is 55.1 Å². The summed E-state index contributed by atoms with van der Waals surface area (Å²) in [6.07, 6.45) is 7.11. The number of nitrogens with zero attached hydrogens (tertiary/aromatic N) is 5. The Morgan fingerprint density at radius 1 is 1.09 bits per heavy atom. The lowest BCUT2D eigenvalue weighted by atomic mass is 10.1. The Balaban J connectivity index is 1.33. The first-order valence-corrected chi connectivity index (χ1v) is 11.0. The van der Waals surface area contributed by atoms with Crippen LogP contribution in [-0.4, -0.2) is 63.0 Å². The Labute approximate surface area is 192 Å². The van der Waals surface area contributed by atoms with Gasteiger partial charge in [-0.3, -0.25) is 19.4 Å². The Hall–Kier alpha value is -3.43. The van der Waals surface area contributed by atoms with E-state index in [0.717, 1.165) is 28.2 Å². The lowest BCUT2D eigenvalue weighted by molar-refractivity contribution is -0.132. The first-order chi connectivity index (χ1) is 16.1. The maximum atomic E-state index is 13.2. The second kappa shape index (κ2) is 9.60. The van der Waals surface area contributed by atoms with Gasteiger partial charge in [-0.05, 0) is 23.8 Å². The standard InChI is InChI=1S/C24H27N5O4/c1-27-10-19(9-26-27)11-29-14-21(31-16-18-5-7-25-8-6-18)13-28(15-23(29)30)12-20-3-2-4-22-24(20)33-17-32-22/h2-10,21H,11-17H2,1H3. The second-order valence-electron chi connectivity index (χ2n) is 8.41. The molecule has 1 fully saturated rings. The summed E-state index contributed by atoms with van der Waals surface area (Å²) in [5.74, 6) is 1.58. The maximum Gasteiger partial charge on any atom is 0.237 e. The van der Waals surface area contributed by atoms with Gasteiger partial charge in [0.05, 0.1) is 25.5 Å². The largest absolute Gasteiger partial charge is 0.454 e. The predicted molar refractivity (Wildman–Crippen MR) is 119 cm³/mol. The van der Waals surface area contributed by atoms with Gasteiger partial charge in [0.1, 0.15) is 0 Å². The Morgan fingerprint density at radius 3 is 2.79 bits per heavy atom. The fourth-order valence-electron chi connectivity index (χ4n) is 4.25. The molecule has 1 atom stereocenters. The molecule has 1 amide bonds. The van der Waals surface area contributed by atoms with Gasteiger partial charge in [0, 0.05) is 62.9 Å². The monoisotopic (exact) mass is 449 g/mol. The number of hydrogen-bond donors (Lipinski definition) is 0. The van der Waals surface area contributed by atoms with E-state index in [1.165, 1.54) is 0 Å². The van der Waals surface area contributed by atoms with Crippen molar-refractivity contribution in [3.05, 3.63) is 71.8 Å². The average molecular weight is 450 g/mol. The van der Waals surface area contributed by atoms with Crippen LogP contribution in [0.2, 0.25) is 0 Å². The van der Waals surface area contributed by atoms with Gasteiger partial charge in [-0.15, -0.1) is 0 Å². The van der Waals surface area contributed by atoms with Crippen LogP contribution in [0.3, 0.4) is 0 Å². The van der Waals surface area contributed by atoms with E-state index in [4.69, 9.17) is 14.2 Å². The first-order valence-electron chi connectivity index (χ1n) is 11.0. The molecule has 0 N–H and O–H groups in total. The van der Waals surface area contributed by atoms with E-state index in [1.807, 2.05) is 48.5 Å². The van der Waals surface area contributed by atoms with Crippen LogP contribution in [-0.2, 0) is 36.3 Å². The van der Waals surface area contributed by atoms with Crippen molar-refractivity contribution in [2.45, 2.75) is 25.8 Å². The molecule has 2 aromatic heterocycles. The van der Waals surface area contributed by atoms with E-state index < -0.39 is 0 Å². The summed E-state index contributed by atoms with van der Waals surface area (Å²) in [6.45, 7) is 3.23. The maximum absolute atomic E-state index is 13.2. The number of hydrogen-bond acceptors (Lipinski definition) is 7. The molecule has 5 rings (SSSR count). The Bertz CT molecular complexity index is 1100. The van der Waals surface area contributed by atoms with Crippen molar-refractivity contribution >= 4 is 5.91 Å². The number of ether oxygens (including phenoxy) is 3. The van der Waals surface area contributed by atoms with E-state index in [-0.39, 0.29) is 18.8 Å². The van der Waals surface area contributed by atoms with Gasteiger partial charge in [-0.25, -0.2) is 0 Å². The van der Waals surface area contributed by atoms with Gasteiger partial charge in [0.15, 0.2) is 11.5 Å². The minimum Gasteiger partial charge on any atom is -0.454 e. The van der Waals surface area contributed by atoms with Gasteiger partial charge < -0.3 is 19.1 Å². The van der Waals surface area contributed by atoms with Gasteiger partial charge in [0.25, 0.3) is 0 Å². The summed E-state index contributed by atoms with van der Waals surface area (Å²) in [4.78, 5) is 21.3. The third kappa shape index (κ3) is 5.15. The molecule has 33 heavy (non-hydrogen) atoms. The van der Waals surface area contributed by atoms with Gasteiger partial charge in [-0.1, -0.05) is 12.1 Å². The summed E-state index contributed by atoms with van der Waals surface area (Å²) in [5, 5.41) is 4.24. The van der Waals surface area contributed by atoms with Crippen LogP contribution in [0.1, 0.15) is 16.7 Å². The minimum atomic E-state index is -0.143. The molecule has 1 unspecified atom stereocenters. The molecule has 0 spiro atoms. The molecule has 0 radical (unpaired) electrons. The molecular weight excluding hydrogens is 422 g/mol. The fraction of sp³-hybridized carbons (Fsp3) is 0.375. The fourth-order valence-corrected chi connectivity index (χ4v) is 4.25. The van der Waals surface area contributed by atoms with Crippen LogP contribution in [0, 0.1) is 0 Å². The Kier molecular flexibility index (Phi) is 6.23. The summed E-state index contributed by atoms with van der Waals surface area (Å²) < 4.78 is 19.2. The topological polar surface area (TPSA) is 82.0 Å². The number of pyridine rings is 1. The molecule has 172 valence electrons. The van der Waals surface area contributed by atoms with Crippen molar-refractivity contribution in [3.8, 4) is 11.5 Å². The molecule has 1 saturated heterocycles. The van der Waals surface area contributed by atoms with E-state index >= 15 is 0 Å². The van der Waals surface area contributed by atoms with Crippen molar-refractivity contribution in [2.75, 3.05) is 26.4 Å². The van der Waals surface area contributed by atoms with E-state index in [1.54, 1.807) is 23.3 Å². The zero-order valence-electron chi connectivity index (χ0n) is 18.6. The van der Waals surface area contributed by atoms with Gasteiger partial charge in [-0.2, -0.15) is 5.10 Å². The summed E-state index contributed by atoms with van der Waals surface area (Å²) >= 11 is 0. The normalized spacial score (nSPS) is 18.5. The molecule has 3 aromatic rings. The number of carbonyl (C=O) groups excluding carboxylic acids is 1. The molecule has 0 aliphatic carbocycles. The van der Waals surface area contributed by atoms with E-state index in [9.17, 15) is 4.79 Å². The number of amides is 1. The van der Waals surface area contributed by atoms with Crippen LogP contribution < -0.4 is 9.47 Å². The highest BCUT2D eigenvalue weighted by atomic mass is 16.7. The number of carbonyl (C=O) groups is 1. The smallest absolute Gasteiger partial charge is 0.237 e. The van der Waals surface area contributed by atoms with Crippen LogP contribution in [0.25, 0.3) is 0 Å². The summed E-state index contributed by atoms with van der Waals surface area (Å²) in [5.41, 5.74) is 3.06. The molecule has 0 bridgehead atoms. The number of benzene rings is 1. The van der Waals surface area contributed by atoms with Gasteiger partial charge >= 0.3 is 0 Å². The summed E-state index contributed by atoms with van der Waals surface area (Å²) in [6, 6.07) is 9.75. The lowest BCUT2D eigenvalue weighted by Gasteiger charge is -2.25. The molecular formula is C24H27N5O4. The number of aromatic nitrogens is 3. The van der Waals surface area contributed by atoms with E-state index in [0.29, 0.717) is 39.3 Å². The zero-order chi connectivity index (χ0) is 22.6. The second-order valence-corrected chi connectivity index (χ2v) is 8.41. The predicted octanol–water partition coefficient (Wildman–Crippen LogP) is 1.97. The highest BCUT2D eigenvalue weighted by Gasteiger charge is 2.30. The van der Waals surface area contributed by atoms with Crippen LogP contribution >= 0.6 is 0 Å². The highest BCUT2D eigenvalue weighted by molar-refractivity contribution is 5.78. The van der Waals surface area contributed by atoms with Crippen molar-refractivity contribution in [1.82, 2.24) is 24.6 Å². The number of aryl methyl sites for hydroxylation is 1. The molecule has 9 heteroatoms. The minimum absolute atomic E-state index is 0.0682. The Morgan fingerprint density at radius 2 is 1.97 bits per heavy atom. The zero-order valence-corrected chi connectivity index (χ0v) is 18.6. The molecule has 2 aliphatic heterocycles. The van der Waals surface area contributed by atoms with E-state index in [2.05, 4.69) is 15.0 Å². The summed E-state index contributed by atoms with van der Waals surface area (Å²) in [7, 11) is 1.88. The first kappa shape index (κ1) is 21.4. The molecule has 4 heterocycles. The van der Waals surface area contributed by atoms with Crippen molar-refractivity contribution in [2.24, 2.45) is 7.05 Å². The quantitative estimate of drug-likeness (QED) is 0.546. The number of rotatable bonds is 7. The average Bonchev–Trinajstić information content (AvgIpc) is 3.43. The number of fused-ring (bicyclic) bond motifs is 1.